The molecular weight excluding hydrogens is 272 g/mol. The number of ether oxygens (including phenoxy) is 1. The molecule has 2 N–H and O–H groups in total. The van der Waals surface area contributed by atoms with Gasteiger partial charge < -0.3 is 10.5 Å². The van der Waals surface area contributed by atoms with E-state index in [2.05, 4.69) is 25.1 Å². The van der Waals surface area contributed by atoms with Crippen LogP contribution in [0.3, 0.4) is 0 Å². The van der Waals surface area contributed by atoms with Crippen molar-refractivity contribution in [3.05, 3.63) is 64.7 Å². The molecule has 0 spiro atoms. The summed E-state index contributed by atoms with van der Waals surface area (Å²) in [6.45, 7) is 2.70. The fourth-order valence-corrected chi connectivity index (χ4v) is 2.64. The van der Waals surface area contributed by atoms with Gasteiger partial charge in [-0.15, -0.1) is 0 Å². The summed E-state index contributed by atoms with van der Waals surface area (Å²) in [5.74, 6) is 1.09. The molecule has 114 valence electrons. The summed E-state index contributed by atoms with van der Waals surface area (Å²) in [6.07, 6.45) is 1.83. The first-order valence-electron chi connectivity index (χ1n) is 7.57. The Hall–Kier alpha value is -2.31. The third-order valence-electron chi connectivity index (χ3n) is 3.99. The Morgan fingerprint density at radius 1 is 1.14 bits per heavy atom. The normalized spacial score (nSPS) is 11.7. The predicted octanol–water partition coefficient (Wildman–Crippen LogP) is 3.41. The van der Waals surface area contributed by atoms with Gasteiger partial charge in [-0.1, -0.05) is 31.2 Å². The van der Waals surface area contributed by atoms with Gasteiger partial charge in [0.25, 0.3) is 0 Å². The van der Waals surface area contributed by atoms with Crippen molar-refractivity contribution < 1.29 is 4.74 Å². The summed E-state index contributed by atoms with van der Waals surface area (Å²) in [6, 6.07) is 16.1. The van der Waals surface area contributed by atoms with E-state index in [-0.39, 0.29) is 5.92 Å². The topological polar surface area (TPSA) is 59.0 Å². The highest BCUT2D eigenvalue weighted by Crippen LogP contribution is 2.30. The molecule has 0 aliphatic rings. The number of hydrogen-bond donors (Lipinski definition) is 1. The molecule has 1 unspecified atom stereocenters. The van der Waals surface area contributed by atoms with E-state index in [0.29, 0.717) is 12.1 Å². The van der Waals surface area contributed by atoms with Gasteiger partial charge in [0.05, 0.1) is 18.7 Å². The molecule has 1 atom stereocenters. The largest absolute Gasteiger partial charge is 0.496 e. The molecule has 2 rings (SSSR count). The molecule has 0 saturated carbocycles. The van der Waals surface area contributed by atoms with Gasteiger partial charge in [-0.25, -0.2) is 0 Å². The van der Waals surface area contributed by atoms with Gasteiger partial charge in [-0.2, -0.15) is 5.26 Å². The van der Waals surface area contributed by atoms with Gasteiger partial charge in [-0.3, -0.25) is 0 Å². The zero-order valence-electron chi connectivity index (χ0n) is 13.2. The van der Waals surface area contributed by atoms with Gasteiger partial charge >= 0.3 is 0 Å². The van der Waals surface area contributed by atoms with Gasteiger partial charge in [-0.05, 0) is 54.3 Å². The fraction of sp³-hybridized carbons (Fsp3) is 0.316. The van der Waals surface area contributed by atoms with E-state index >= 15 is 0 Å². The molecule has 0 amide bonds. The van der Waals surface area contributed by atoms with E-state index in [0.717, 1.165) is 24.2 Å². The average Bonchev–Trinajstić information content (AvgIpc) is 2.59. The molecule has 0 radical (unpaired) electrons. The average molecular weight is 294 g/mol. The van der Waals surface area contributed by atoms with Crippen molar-refractivity contribution in [1.29, 1.82) is 5.26 Å². The summed E-state index contributed by atoms with van der Waals surface area (Å²) >= 11 is 0. The smallest absolute Gasteiger partial charge is 0.122 e. The highest BCUT2D eigenvalue weighted by atomic mass is 16.5. The Kier molecular flexibility index (Phi) is 5.57. The molecular formula is C19H22N2O. The van der Waals surface area contributed by atoms with Crippen LogP contribution in [0.4, 0.5) is 0 Å². The molecule has 0 saturated heterocycles. The number of hydrogen-bond acceptors (Lipinski definition) is 3. The maximum absolute atomic E-state index is 8.87. The van der Waals surface area contributed by atoms with Crippen LogP contribution < -0.4 is 10.5 Å². The number of aryl methyl sites for hydroxylation is 1. The second-order valence-electron chi connectivity index (χ2n) is 5.38. The summed E-state index contributed by atoms with van der Waals surface area (Å²) in [5, 5.41) is 8.87. The van der Waals surface area contributed by atoms with Crippen molar-refractivity contribution in [3.8, 4) is 11.8 Å². The molecule has 2 aromatic rings. The third kappa shape index (κ3) is 3.66. The van der Waals surface area contributed by atoms with Crippen LogP contribution in [0.5, 0.6) is 5.75 Å². The number of nitrogens with two attached hydrogens (primary N) is 1. The Morgan fingerprint density at radius 2 is 1.82 bits per heavy atom. The number of rotatable bonds is 6. The summed E-state index contributed by atoms with van der Waals surface area (Å²) < 4.78 is 5.50. The van der Waals surface area contributed by atoms with Crippen molar-refractivity contribution in [1.82, 2.24) is 0 Å². The van der Waals surface area contributed by atoms with Crippen LogP contribution in [0.25, 0.3) is 0 Å². The maximum Gasteiger partial charge on any atom is 0.122 e. The van der Waals surface area contributed by atoms with Crippen molar-refractivity contribution in [2.75, 3.05) is 13.7 Å². The van der Waals surface area contributed by atoms with E-state index in [1.807, 2.05) is 30.3 Å². The van der Waals surface area contributed by atoms with Gasteiger partial charge in [0.15, 0.2) is 0 Å². The van der Waals surface area contributed by atoms with Crippen LogP contribution in [-0.4, -0.2) is 13.7 Å². The maximum atomic E-state index is 8.87. The summed E-state index contributed by atoms with van der Waals surface area (Å²) in [4.78, 5) is 0. The number of benzene rings is 2. The molecule has 0 heterocycles. The molecule has 0 fully saturated rings. The highest BCUT2D eigenvalue weighted by Gasteiger charge is 2.16. The second-order valence-corrected chi connectivity index (χ2v) is 5.38. The lowest BCUT2D eigenvalue weighted by Gasteiger charge is -2.19. The predicted molar refractivity (Wildman–Crippen MR) is 89.0 cm³/mol. The Labute approximate surface area is 132 Å². The first-order chi connectivity index (χ1) is 10.7. The van der Waals surface area contributed by atoms with Crippen LogP contribution in [0, 0.1) is 11.3 Å². The van der Waals surface area contributed by atoms with E-state index < -0.39 is 0 Å². The van der Waals surface area contributed by atoms with E-state index in [1.54, 1.807) is 7.11 Å². The number of nitrogens with zero attached hydrogens (tertiary/aromatic N) is 1. The molecule has 0 bridgehead atoms. The van der Waals surface area contributed by atoms with Gasteiger partial charge in [0, 0.05) is 5.92 Å². The SMILES string of the molecule is CCc1ccc(OC)c(C(CN)Cc2ccc(C#N)cc2)c1. The quantitative estimate of drug-likeness (QED) is 0.888. The minimum absolute atomic E-state index is 0.203. The lowest BCUT2D eigenvalue weighted by atomic mass is 9.89. The summed E-state index contributed by atoms with van der Waals surface area (Å²) in [5.41, 5.74) is 10.3. The molecule has 0 aliphatic heterocycles. The summed E-state index contributed by atoms with van der Waals surface area (Å²) in [7, 11) is 1.69. The Morgan fingerprint density at radius 3 is 2.36 bits per heavy atom. The molecule has 22 heavy (non-hydrogen) atoms. The van der Waals surface area contributed by atoms with Gasteiger partial charge in [0.1, 0.15) is 5.75 Å². The Balaban J connectivity index is 2.28. The second kappa shape index (κ2) is 7.63. The molecule has 0 aliphatic carbocycles. The fourth-order valence-electron chi connectivity index (χ4n) is 2.64. The van der Waals surface area contributed by atoms with Crippen molar-refractivity contribution in [2.24, 2.45) is 5.73 Å². The van der Waals surface area contributed by atoms with Crippen molar-refractivity contribution in [2.45, 2.75) is 25.7 Å². The molecule has 3 heteroatoms. The number of nitriles is 1. The van der Waals surface area contributed by atoms with Crippen LogP contribution in [0.15, 0.2) is 42.5 Å². The lowest BCUT2D eigenvalue weighted by molar-refractivity contribution is 0.405. The third-order valence-corrected chi connectivity index (χ3v) is 3.99. The number of methoxy groups -OCH3 is 1. The first-order valence-corrected chi connectivity index (χ1v) is 7.57. The monoisotopic (exact) mass is 294 g/mol. The van der Waals surface area contributed by atoms with Crippen LogP contribution >= 0.6 is 0 Å². The van der Waals surface area contributed by atoms with Crippen LogP contribution in [0.1, 0.15) is 35.1 Å². The van der Waals surface area contributed by atoms with Crippen molar-refractivity contribution in [3.63, 3.8) is 0 Å². The van der Waals surface area contributed by atoms with Crippen LogP contribution in [-0.2, 0) is 12.8 Å². The van der Waals surface area contributed by atoms with Crippen LogP contribution in [0.2, 0.25) is 0 Å². The minimum atomic E-state index is 0.203. The highest BCUT2D eigenvalue weighted by molar-refractivity contribution is 5.41. The molecule has 3 nitrogen and oxygen atoms in total. The van der Waals surface area contributed by atoms with Gasteiger partial charge in [0.2, 0.25) is 0 Å². The van der Waals surface area contributed by atoms with E-state index in [1.165, 1.54) is 11.1 Å². The Bertz CT molecular complexity index is 656. The zero-order valence-corrected chi connectivity index (χ0v) is 13.2. The van der Waals surface area contributed by atoms with E-state index in [9.17, 15) is 0 Å². The zero-order chi connectivity index (χ0) is 15.9. The minimum Gasteiger partial charge on any atom is -0.496 e. The molecule has 0 aromatic heterocycles. The van der Waals surface area contributed by atoms with Crippen molar-refractivity contribution >= 4 is 0 Å². The molecule has 2 aromatic carbocycles. The lowest BCUT2D eigenvalue weighted by Crippen LogP contribution is -2.16. The van der Waals surface area contributed by atoms with E-state index in [4.69, 9.17) is 15.7 Å². The first kappa shape index (κ1) is 16.1. The standard InChI is InChI=1S/C19H22N2O/c1-3-14-8-9-19(22-2)18(11-14)17(13-21)10-15-4-6-16(12-20)7-5-15/h4-9,11,17H,3,10,13,21H2,1-2H3.